The van der Waals surface area contributed by atoms with E-state index in [4.69, 9.17) is 9.47 Å². The fraction of sp³-hybridized carbons (Fsp3) is 0.846. The molecule has 0 bridgehead atoms. The van der Waals surface area contributed by atoms with Crippen molar-refractivity contribution in [2.24, 2.45) is 0 Å². The number of likely N-dealkylation sites (tertiary alicyclic amines) is 1. The minimum atomic E-state index is -0.284. The van der Waals surface area contributed by atoms with Gasteiger partial charge in [-0.15, -0.1) is 0 Å². The lowest BCUT2D eigenvalue weighted by Gasteiger charge is -2.37. The Balaban J connectivity index is 1.55. The molecule has 1 spiro atoms. The molecule has 0 amide bonds. The highest BCUT2D eigenvalue weighted by atomic mass is 16.7. The lowest BCUT2D eigenvalue weighted by atomic mass is 10.0. The second-order valence-corrected chi connectivity index (χ2v) is 5.28. The smallest absolute Gasteiger partial charge is 0.170 e. The minimum Gasteiger partial charge on any atom is -0.347 e. The number of aryl methyl sites for hydroxylation is 1. The van der Waals surface area contributed by atoms with Crippen LogP contribution in [-0.4, -0.2) is 51.8 Å². The second-order valence-electron chi connectivity index (χ2n) is 5.28. The van der Waals surface area contributed by atoms with Gasteiger partial charge in [-0.1, -0.05) is 6.92 Å². The van der Waals surface area contributed by atoms with Crippen LogP contribution in [-0.2, 0) is 22.6 Å². The summed E-state index contributed by atoms with van der Waals surface area (Å²) in [7, 11) is 0. The molecule has 6 nitrogen and oxygen atoms in total. The van der Waals surface area contributed by atoms with Crippen molar-refractivity contribution in [2.45, 2.75) is 45.1 Å². The van der Waals surface area contributed by atoms with Crippen LogP contribution in [0.2, 0.25) is 0 Å². The Morgan fingerprint density at radius 1 is 1.26 bits per heavy atom. The molecule has 0 atom stereocenters. The van der Waals surface area contributed by atoms with E-state index in [0.717, 1.165) is 64.5 Å². The molecular formula is C13H22N4O2. The van der Waals surface area contributed by atoms with Crippen molar-refractivity contribution in [2.75, 3.05) is 26.3 Å². The van der Waals surface area contributed by atoms with Crippen LogP contribution < -0.4 is 0 Å². The molecule has 19 heavy (non-hydrogen) atoms. The summed E-state index contributed by atoms with van der Waals surface area (Å²) in [4.78, 5) is 6.77. The first-order chi connectivity index (χ1) is 9.31. The Hall–Kier alpha value is -0.980. The van der Waals surface area contributed by atoms with Crippen molar-refractivity contribution in [3.8, 4) is 0 Å². The third-order valence-electron chi connectivity index (χ3n) is 3.93. The Morgan fingerprint density at radius 2 is 2.00 bits per heavy atom. The Kier molecular flexibility index (Phi) is 3.81. The van der Waals surface area contributed by atoms with Gasteiger partial charge in [0.05, 0.1) is 19.8 Å². The van der Waals surface area contributed by atoms with E-state index in [9.17, 15) is 0 Å². The van der Waals surface area contributed by atoms with E-state index >= 15 is 0 Å². The monoisotopic (exact) mass is 266 g/mol. The largest absolute Gasteiger partial charge is 0.347 e. The van der Waals surface area contributed by atoms with Crippen molar-refractivity contribution >= 4 is 0 Å². The molecule has 0 radical (unpaired) electrons. The van der Waals surface area contributed by atoms with Crippen LogP contribution >= 0.6 is 0 Å². The van der Waals surface area contributed by atoms with Crippen molar-refractivity contribution in [1.29, 1.82) is 0 Å². The maximum atomic E-state index is 5.75. The lowest BCUT2D eigenvalue weighted by Crippen LogP contribution is -2.45. The van der Waals surface area contributed by atoms with Crippen LogP contribution in [0.15, 0.2) is 6.33 Å². The van der Waals surface area contributed by atoms with E-state index in [2.05, 4.69) is 21.9 Å². The van der Waals surface area contributed by atoms with E-state index in [1.807, 2.05) is 4.68 Å². The molecule has 0 aliphatic carbocycles. The van der Waals surface area contributed by atoms with Crippen molar-refractivity contribution in [1.82, 2.24) is 19.7 Å². The molecule has 0 aromatic carbocycles. The third kappa shape index (κ3) is 2.80. The zero-order chi connectivity index (χ0) is 13.1. The van der Waals surface area contributed by atoms with Crippen LogP contribution in [0.3, 0.4) is 0 Å². The SMILES string of the molecule is CCCn1ncnc1CN1CCC2(CC1)OCCO2. The second kappa shape index (κ2) is 5.56. The number of hydrogen-bond acceptors (Lipinski definition) is 5. The van der Waals surface area contributed by atoms with Crippen molar-refractivity contribution in [3.05, 3.63) is 12.2 Å². The van der Waals surface area contributed by atoms with Gasteiger partial charge >= 0.3 is 0 Å². The maximum absolute atomic E-state index is 5.75. The molecule has 2 aliphatic heterocycles. The summed E-state index contributed by atoms with van der Waals surface area (Å²) >= 11 is 0. The average molecular weight is 266 g/mol. The summed E-state index contributed by atoms with van der Waals surface area (Å²) < 4.78 is 13.5. The highest BCUT2D eigenvalue weighted by molar-refractivity contribution is 4.89. The van der Waals surface area contributed by atoms with Gasteiger partial charge in [-0.25, -0.2) is 9.67 Å². The van der Waals surface area contributed by atoms with Gasteiger partial charge in [0.2, 0.25) is 0 Å². The van der Waals surface area contributed by atoms with Gasteiger partial charge in [0.1, 0.15) is 12.2 Å². The highest BCUT2D eigenvalue weighted by Gasteiger charge is 2.39. The van der Waals surface area contributed by atoms with E-state index in [-0.39, 0.29) is 5.79 Å². The number of ether oxygens (including phenoxy) is 2. The summed E-state index contributed by atoms with van der Waals surface area (Å²) in [5.41, 5.74) is 0. The molecule has 0 saturated carbocycles. The zero-order valence-electron chi connectivity index (χ0n) is 11.5. The molecule has 1 aromatic heterocycles. The predicted molar refractivity (Wildman–Crippen MR) is 69.5 cm³/mol. The molecule has 6 heteroatoms. The van der Waals surface area contributed by atoms with E-state index in [1.165, 1.54) is 0 Å². The number of hydrogen-bond donors (Lipinski definition) is 0. The number of nitrogens with zero attached hydrogens (tertiary/aromatic N) is 4. The molecule has 0 unspecified atom stereocenters. The van der Waals surface area contributed by atoms with Crippen LogP contribution in [0.4, 0.5) is 0 Å². The summed E-state index contributed by atoms with van der Waals surface area (Å²) in [6.45, 7) is 7.45. The maximum Gasteiger partial charge on any atom is 0.170 e. The van der Waals surface area contributed by atoms with Gasteiger partial charge in [-0.2, -0.15) is 5.10 Å². The summed E-state index contributed by atoms with van der Waals surface area (Å²) in [6.07, 6.45) is 4.64. The molecular weight excluding hydrogens is 244 g/mol. The van der Waals surface area contributed by atoms with Gasteiger partial charge in [0.15, 0.2) is 5.79 Å². The predicted octanol–water partition coefficient (Wildman–Crippen LogP) is 1.03. The first-order valence-corrected chi connectivity index (χ1v) is 7.18. The van der Waals surface area contributed by atoms with Gasteiger partial charge in [0.25, 0.3) is 0 Å². The van der Waals surface area contributed by atoms with E-state index in [0.29, 0.717) is 0 Å². The highest BCUT2D eigenvalue weighted by Crippen LogP contribution is 2.31. The normalized spacial score (nSPS) is 23.2. The van der Waals surface area contributed by atoms with Gasteiger partial charge in [-0.3, -0.25) is 4.90 Å². The quantitative estimate of drug-likeness (QED) is 0.814. The number of piperidine rings is 1. The first kappa shape index (κ1) is 13.0. The molecule has 3 heterocycles. The Labute approximate surface area is 113 Å². The molecule has 106 valence electrons. The van der Waals surface area contributed by atoms with E-state index < -0.39 is 0 Å². The molecule has 0 N–H and O–H groups in total. The topological polar surface area (TPSA) is 52.4 Å². The van der Waals surface area contributed by atoms with Crippen molar-refractivity contribution < 1.29 is 9.47 Å². The third-order valence-corrected chi connectivity index (χ3v) is 3.93. The van der Waals surface area contributed by atoms with Gasteiger partial charge in [-0.05, 0) is 6.42 Å². The van der Waals surface area contributed by atoms with Gasteiger partial charge < -0.3 is 9.47 Å². The summed E-state index contributed by atoms with van der Waals surface area (Å²) in [5, 5.41) is 4.27. The van der Waals surface area contributed by atoms with Crippen LogP contribution in [0, 0.1) is 0 Å². The number of rotatable bonds is 4. The molecule has 2 fully saturated rings. The molecule has 3 rings (SSSR count). The summed E-state index contributed by atoms with van der Waals surface area (Å²) in [6, 6.07) is 0. The lowest BCUT2D eigenvalue weighted by molar-refractivity contribution is -0.186. The first-order valence-electron chi connectivity index (χ1n) is 7.18. The molecule has 2 saturated heterocycles. The number of aromatic nitrogens is 3. The zero-order valence-corrected chi connectivity index (χ0v) is 11.5. The molecule has 2 aliphatic rings. The fourth-order valence-corrected chi connectivity index (χ4v) is 2.85. The average Bonchev–Trinajstić information content (AvgIpc) is 3.04. The van der Waals surface area contributed by atoms with Gasteiger partial charge in [0, 0.05) is 32.5 Å². The minimum absolute atomic E-state index is 0.284. The van der Waals surface area contributed by atoms with Crippen LogP contribution in [0.25, 0.3) is 0 Å². The Morgan fingerprint density at radius 3 is 2.68 bits per heavy atom. The summed E-state index contributed by atoms with van der Waals surface area (Å²) in [5.74, 6) is 0.777. The van der Waals surface area contributed by atoms with E-state index in [1.54, 1.807) is 6.33 Å². The van der Waals surface area contributed by atoms with Crippen LogP contribution in [0.5, 0.6) is 0 Å². The fourth-order valence-electron chi connectivity index (χ4n) is 2.85. The van der Waals surface area contributed by atoms with Crippen molar-refractivity contribution in [3.63, 3.8) is 0 Å². The van der Waals surface area contributed by atoms with Crippen LogP contribution in [0.1, 0.15) is 32.0 Å². The Bertz CT molecular complexity index is 405. The molecule has 1 aromatic rings. The standard InChI is InChI=1S/C13H22N4O2/c1-2-5-17-12(14-11-15-17)10-16-6-3-13(4-7-16)18-8-9-19-13/h11H,2-10H2,1H3.